The molecule has 0 bridgehead atoms. The van der Waals surface area contributed by atoms with Gasteiger partial charge in [0.15, 0.2) is 0 Å². The first-order valence-corrected chi connectivity index (χ1v) is 7.78. The molecule has 1 atom stereocenters. The van der Waals surface area contributed by atoms with Crippen LogP contribution in [-0.4, -0.2) is 28.1 Å². The van der Waals surface area contributed by atoms with Gasteiger partial charge in [0.2, 0.25) is 5.91 Å². The molecule has 0 aromatic heterocycles. The first-order valence-electron chi connectivity index (χ1n) is 6.98. The van der Waals surface area contributed by atoms with Crippen LogP contribution >= 0.6 is 15.9 Å². The SMILES string of the molecule is O=C(Cc1ccc(Br)cc1)NC(Cc1ccc(O)cc1)C(=O)O. The molecule has 0 aliphatic heterocycles. The standard InChI is InChI=1S/C17H16BrNO4/c18-13-5-1-12(2-6-13)10-16(21)19-15(17(22)23)9-11-3-7-14(20)8-4-11/h1-8,15,20H,9-10H2,(H,19,21)(H,22,23). The molecule has 2 aromatic rings. The predicted molar refractivity (Wildman–Crippen MR) is 89.2 cm³/mol. The Hall–Kier alpha value is -2.34. The van der Waals surface area contributed by atoms with Gasteiger partial charge in [0.1, 0.15) is 11.8 Å². The quantitative estimate of drug-likeness (QED) is 0.721. The number of aliphatic carboxylic acids is 1. The smallest absolute Gasteiger partial charge is 0.326 e. The van der Waals surface area contributed by atoms with Crippen molar-refractivity contribution >= 4 is 27.8 Å². The Morgan fingerprint density at radius 3 is 2.13 bits per heavy atom. The Kier molecular flexibility index (Phi) is 5.76. The van der Waals surface area contributed by atoms with E-state index in [2.05, 4.69) is 21.2 Å². The summed E-state index contributed by atoms with van der Waals surface area (Å²) in [6.07, 6.45) is 0.272. The number of rotatable bonds is 6. The van der Waals surface area contributed by atoms with E-state index in [1.807, 2.05) is 12.1 Å². The van der Waals surface area contributed by atoms with E-state index in [9.17, 15) is 19.8 Å². The lowest BCUT2D eigenvalue weighted by Gasteiger charge is -2.15. The molecule has 0 saturated heterocycles. The molecule has 1 unspecified atom stereocenters. The highest BCUT2D eigenvalue weighted by Gasteiger charge is 2.20. The Morgan fingerprint density at radius 1 is 1.00 bits per heavy atom. The molecule has 2 rings (SSSR count). The third-order valence-electron chi connectivity index (χ3n) is 3.29. The number of halogens is 1. The van der Waals surface area contributed by atoms with Crippen molar-refractivity contribution in [2.24, 2.45) is 0 Å². The van der Waals surface area contributed by atoms with E-state index in [0.29, 0.717) is 0 Å². The first-order chi connectivity index (χ1) is 10.9. The number of carboxylic acids is 1. The van der Waals surface area contributed by atoms with Gasteiger partial charge in [-0.15, -0.1) is 0 Å². The average Bonchev–Trinajstić information content (AvgIpc) is 2.51. The second-order valence-electron chi connectivity index (χ2n) is 5.13. The molecule has 0 aliphatic rings. The van der Waals surface area contributed by atoms with Crippen molar-refractivity contribution < 1.29 is 19.8 Å². The fraction of sp³-hybridized carbons (Fsp3) is 0.176. The van der Waals surface area contributed by atoms with Crippen molar-refractivity contribution in [2.75, 3.05) is 0 Å². The molecule has 0 fully saturated rings. The second-order valence-corrected chi connectivity index (χ2v) is 6.05. The summed E-state index contributed by atoms with van der Waals surface area (Å²) in [7, 11) is 0. The maximum atomic E-state index is 12.0. The lowest BCUT2D eigenvalue weighted by atomic mass is 10.1. The van der Waals surface area contributed by atoms with Gasteiger partial charge in [-0.2, -0.15) is 0 Å². The largest absolute Gasteiger partial charge is 0.508 e. The van der Waals surface area contributed by atoms with Crippen LogP contribution in [0.1, 0.15) is 11.1 Å². The van der Waals surface area contributed by atoms with E-state index in [1.165, 1.54) is 12.1 Å². The van der Waals surface area contributed by atoms with Crippen molar-refractivity contribution in [3.63, 3.8) is 0 Å². The van der Waals surface area contributed by atoms with Crippen molar-refractivity contribution in [2.45, 2.75) is 18.9 Å². The van der Waals surface area contributed by atoms with Gasteiger partial charge in [-0.25, -0.2) is 4.79 Å². The normalized spacial score (nSPS) is 11.7. The van der Waals surface area contributed by atoms with Crippen LogP contribution in [-0.2, 0) is 22.4 Å². The second kappa shape index (κ2) is 7.78. The lowest BCUT2D eigenvalue weighted by molar-refractivity contribution is -0.141. The molecule has 0 heterocycles. The van der Waals surface area contributed by atoms with E-state index >= 15 is 0 Å². The lowest BCUT2D eigenvalue weighted by Crippen LogP contribution is -2.43. The van der Waals surface area contributed by atoms with E-state index in [1.54, 1.807) is 24.3 Å². The fourth-order valence-corrected chi connectivity index (χ4v) is 2.37. The number of aromatic hydroxyl groups is 1. The monoisotopic (exact) mass is 377 g/mol. The summed E-state index contributed by atoms with van der Waals surface area (Å²) in [5.41, 5.74) is 1.53. The Bertz CT molecular complexity index is 683. The van der Waals surface area contributed by atoms with E-state index in [0.717, 1.165) is 15.6 Å². The van der Waals surface area contributed by atoms with Crippen LogP contribution in [0.5, 0.6) is 5.75 Å². The highest BCUT2D eigenvalue weighted by Crippen LogP contribution is 2.13. The molecule has 0 aliphatic carbocycles. The number of benzene rings is 2. The zero-order valence-corrected chi connectivity index (χ0v) is 13.8. The molecule has 1 amide bonds. The van der Waals surface area contributed by atoms with Gasteiger partial charge in [0.25, 0.3) is 0 Å². The number of carbonyl (C=O) groups excluding carboxylic acids is 1. The molecular formula is C17H16BrNO4. The number of amides is 1. The summed E-state index contributed by atoms with van der Waals surface area (Å²) in [4.78, 5) is 23.4. The number of carbonyl (C=O) groups is 2. The van der Waals surface area contributed by atoms with Crippen LogP contribution in [0.3, 0.4) is 0 Å². The van der Waals surface area contributed by atoms with Crippen molar-refractivity contribution in [1.82, 2.24) is 5.32 Å². The maximum Gasteiger partial charge on any atom is 0.326 e. The summed E-state index contributed by atoms with van der Waals surface area (Å²) in [6.45, 7) is 0. The van der Waals surface area contributed by atoms with Crippen molar-refractivity contribution in [3.05, 3.63) is 64.1 Å². The van der Waals surface area contributed by atoms with Crippen LogP contribution < -0.4 is 5.32 Å². The van der Waals surface area contributed by atoms with Crippen LogP contribution in [0.25, 0.3) is 0 Å². The Balaban J connectivity index is 1.98. The number of phenolic OH excluding ortho intramolecular Hbond substituents is 1. The summed E-state index contributed by atoms with van der Waals surface area (Å²) in [6, 6.07) is 12.5. The minimum absolute atomic E-state index is 0.111. The number of hydrogen-bond acceptors (Lipinski definition) is 3. The molecule has 6 heteroatoms. The Labute approximate surface area is 142 Å². The zero-order valence-electron chi connectivity index (χ0n) is 12.2. The fourth-order valence-electron chi connectivity index (χ4n) is 2.10. The molecule has 23 heavy (non-hydrogen) atoms. The Morgan fingerprint density at radius 2 is 1.57 bits per heavy atom. The molecule has 0 saturated carbocycles. The molecule has 0 radical (unpaired) electrons. The minimum Gasteiger partial charge on any atom is -0.508 e. The number of phenols is 1. The zero-order chi connectivity index (χ0) is 16.8. The highest BCUT2D eigenvalue weighted by atomic mass is 79.9. The van der Waals surface area contributed by atoms with Crippen molar-refractivity contribution in [3.8, 4) is 5.75 Å². The van der Waals surface area contributed by atoms with Gasteiger partial charge in [-0.1, -0.05) is 40.2 Å². The van der Waals surface area contributed by atoms with Crippen LogP contribution in [0.2, 0.25) is 0 Å². The average molecular weight is 378 g/mol. The van der Waals surface area contributed by atoms with Crippen LogP contribution in [0.4, 0.5) is 0 Å². The summed E-state index contributed by atoms with van der Waals surface area (Å²) < 4.78 is 0.914. The van der Waals surface area contributed by atoms with Crippen LogP contribution in [0.15, 0.2) is 53.0 Å². The molecule has 2 aromatic carbocycles. The van der Waals surface area contributed by atoms with E-state index < -0.39 is 12.0 Å². The molecular weight excluding hydrogens is 362 g/mol. The van der Waals surface area contributed by atoms with E-state index in [-0.39, 0.29) is 24.5 Å². The third kappa shape index (κ3) is 5.41. The number of carboxylic acid groups (broad SMARTS) is 1. The number of nitrogens with one attached hydrogen (secondary N) is 1. The molecule has 3 N–H and O–H groups in total. The van der Waals surface area contributed by atoms with Crippen molar-refractivity contribution in [1.29, 1.82) is 0 Å². The first kappa shape index (κ1) is 17.0. The van der Waals surface area contributed by atoms with Gasteiger partial charge in [-0.05, 0) is 35.4 Å². The molecule has 5 nitrogen and oxygen atoms in total. The molecule has 0 spiro atoms. The van der Waals surface area contributed by atoms with Crippen LogP contribution in [0, 0.1) is 0 Å². The van der Waals surface area contributed by atoms with Gasteiger partial charge < -0.3 is 15.5 Å². The van der Waals surface area contributed by atoms with Gasteiger partial charge in [0, 0.05) is 10.9 Å². The number of hydrogen-bond donors (Lipinski definition) is 3. The summed E-state index contributed by atoms with van der Waals surface area (Å²) in [5.74, 6) is -1.33. The summed E-state index contributed by atoms with van der Waals surface area (Å²) in [5, 5.41) is 21.0. The highest BCUT2D eigenvalue weighted by molar-refractivity contribution is 9.10. The van der Waals surface area contributed by atoms with Gasteiger partial charge >= 0.3 is 5.97 Å². The summed E-state index contributed by atoms with van der Waals surface area (Å²) >= 11 is 3.32. The van der Waals surface area contributed by atoms with E-state index in [4.69, 9.17) is 0 Å². The van der Waals surface area contributed by atoms with Gasteiger partial charge in [-0.3, -0.25) is 4.79 Å². The van der Waals surface area contributed by atoms with Gasteiger partial charge in [0.05, 0.1) is 6.42 Å². The predicted octanol–water partition coefficient (Wildman–Crippen LogP) is 2.51. The maximum absolute atomic E-state index is 12.0. The molecule has 120 valence electrons. The third-order valence-corrected chi connectivity index (χ3v) is 3.82. The minimum atomic E-state index is -1.10. The topological polar surface area (TPSA) is 86.6 Å².